The predicted molar refractivity (Wildman–Crippen MR) is 227 cm³/mol. The highest BCUT2D eigenvalue weighted by Crippen LogP contribution is 2.35. The van der Waals surface area contributed by atoms with Gasteiger partial charge in [-0.1, -0.05) is 95.2 Å². The Balaban J connectivity index is 0.000000211. The van der Waals surface area contributed by atoms with Gasteiger partial charge >= 0.3 is 11.9 Å². The molecule has 7 rings (SSSR count). The second kappa shape index (κ2) is 20.1. The van der Waals surface area contributed by atoms with Crippen molar-refractivity contribution in [3.63, 3.8) is 0 Å². The smallest absolute Gasteiger partial charge is 0.335 e. The Morgan fingerprint density at radius 3 is 1.37 bits per heavy atom. The van der Waals surface area contributed by atoms with E-state index in [1.807, 2.05) is 98.8 Å². The second-order valence-electron chi connectivity index (χ2n) is 14.6. The number of imide groups is 1. The number of amides is 4. The fourth-order valence-corrected chi connectivity index (χ4v) is 6.68. The molecular weight excluding hydrogens is 795 g/mol. The number of nitrogens with one attached hydrogen (secondary N) is 2. The first-order chi connectivity index (χ1) is 29.8. The minimum absolute atomic E-state index is 0.0235. The molecule has 3 heterocycles. The van der Waals surface area contributed by atoms with E-state index < -0.39 is 23.8 Å². The zero-order valence-corrected chi connectivity index (χ0v) is 34.8. The fourth-order valence-electron chi connectivity index (χ4n) is 6.68. The highest BCUT2D eigenvalue weighted by atomic mass is 16.7. The maximum absolute atomic E-state index is 12.6. The zero-order valence-electron chi connectivity index (χ0n) is 34.8. The first-order valence-electron chi connectivity index (χ1n) is 19.8. The molecular formula is C47H45N5O10. The Labute approximate surface area is 357 Å². The number of carbonyl (C=O) groups excluding carboxylic acids is 6. The molecule has 62 heavy (non-hydrogen) atoms. The number of methoxy groups -OCH3 is 1. The number of hydrogen-bond donors (Lipinski definition) is 2. The minimum atomic E-state index is -0.775. The SMILES string of the molecule is COC(=O)C[C@@H](C)NC(=O)c1ccc(-c2c(-c3ccccc3)noc2C)cc1.Cc1onc(-c2ccccc2)c1-c1ccc(C(=O)N[C@H](C)CC(=O)ON2C(=O)CCC2=O)cc1. The largest absolute Gasteiger partial charge is 0.469 e. The van der Waals surface area contributed by atoms with E-state index in [0.29, 0.717) is 27.7 Å². The third-order valence-corrected chi connectivity index (χ3v) is 9.82. The van der Waals surface area contributed by atoms with Crippen LogP contribution in [0.3, 0.4) is 0 Å². The summed E-state index contributed by atoms with van der Waals surface area (Å²) < 4.78 is 15.4. The van der Waals surface area contributed by atoms with Gasteiger partial charge in [0.2, 0.25) is 0 Å². The number of ether oxygens (including phenoxy) is 1. The monoisotopic (exact) mass is 839 g/mol. The van der Waals surface area contributed by atoms with Crippen molar-refractivity contribution in [2.24, 2.45) is 0 Å². The topological polar surface area (TPSA) is 200 Å². The van der Waals surface area contributed by atoms with Gasteiger partial charge in [-0.3, -0.25) is 24.0 Å². The van der Waals surface area contributed by atoms with E-state index in [2.05, 4.69) is 25.7 Å². The summed E-state index contributed by atoms with van der Waals surface area (Å²) in [5, 5.41) is 14.4. The molecule has 0 aliphatic carbocycles. The molecule has 0 bridgehead atoms. The van der Waals surface area contributed by atoms with Gasteiger partial charge < -0.3 is 29.3 Å². The Bertz CT molecular complexity index is 2530. The average molecular weight is 840 g/mol. The number of hydroxylamine groups is 2. The summed E-state index contributed by atoms with van der Waals surface area (Å²) >= 11 is 0. The van der Waals surface area contributed by atoms with Crippen LogP contribution in [-0.4, -0.2) is 70.1 Å². The van der Waals surface area contributed by atoms with Gasteiger partial charge in [0, 0.05) is 47.2 Å². The third kappa shape index (κ3) is 10.7. The van der Waals surface area contributed by atoms with Crippen LogP contribution in [0.2, 0.25) is 0 Å². The maximum Gasteiger partial charge on any atom is 0.335 e. The number of benzene rings is 4. The molecule has 0 saturated carbocycles. The lowest BCUT2D eigenvalue weighted by Crippen LogP contribution is -2.37. The predicted octanol–water partition coefficient (Wildman–Crippen LogP) is 7.43. The van der Waals surface area contributed by atoms with Crippen molar-refractivity contribution >= 4 is 35.6 Å². The van der Waals surface area contributed by atoms with E-state index >= 15 is 0 Å². The first-order valence-corrected chi connectivity index (χ1v) is 19.8. The van der Waals surface area contributed by atoms with Gasteiger partial charge in [-0.15, -0.1) is 5.06 Å². The van der Waals surface area contributed by atoms with Gasteiger partial charge in [0.25, 0.3) is 23.6 Å². The van der Waals surface area contributed by atoms with E-state index in [1.165, 1.54) is 7.11 Å². The van der Waals surface area contributed by atoms with Crippen LogP contribution < -0.4 is 10.6 Å². The molecule has 15 nitrogen and oxygen atoms in total. The highest BCUT2D eigenvalue weighted by molar-refractivity contribution is 6.02. The van der Waals surface area contributed by atoms with Crippen LogP contribution in [0.15, 0.2) is 118 Å². The molecule has 1 aliphatic rings. The van der Waals surface area contributed by atoms with Crippen molar-refractivity contribution in [1.29, 1.82) is 0 Å². The van der Waals surface area contributed by atoms with Crippen LogP contribution in [-0.2, 0) is 28.8 Å². The lowest BCUT2D eigenvalue weighted by atomic mass is 9.98. The lowest BCUT2D eigenvalue weighted by molar-refractivity contribution is -0.197. The van der Waals surface area contributed by atoms with Gasteiger partial charge in [-0.25, -0.2) is 4.79 Å². The van der Waals surface area contributed by atoms with Gasteiger partial charge in [0.05, 0.1) is 31.1 Å². The molecule has 15 heteroatoms. The Morgan fingerprint density at radius 2 is 0.984 bits per heavy atom. The molecule has 2 aromatic heterocycles. The number of aryl methyl sites for hydroxylation is 2. The zero-order chi connectivity index (χ0) is 44.3. The van der Waals surface area contributed by atoms with Crippen LogP contribution in [0.1, 0.15) is 71.8 Å². The summed E-state index contributed by atoms with van der Waals surface area (Å²) in [6.07, 6.45) is -0.0207. The molecule has 4 amide bonds. The molecule has 0 radical (unpaired) electrons. The van der Waals surface area contributed by atoms with E-state index in [4.69, 9.17) is 13.9 Å². The summed E-state index contributed by atoms with van der Waals surface area (Å²) in [5.41, 5.74) is 7.81. The summed E-state index contributed by atoms with van der Waals surface area (Å²) in [6.45, 7) is 7.09. The number of nitrogens with zero attached hydrogens (tertiary/aromatic N) is 3. The molecule has 6 aromatic rings. The van der Waals surface area contributed by atoms with Crippen LogP contribution in [0.25, 0.3) is 44.8 Å². The van der Waals surface area contributed by atoms with Gasteiger partial charge in [-0.2, -0.15) is 0 Å². The standard InChI is InChI=1S/C25H23N3O6.C22H22N2O4/c1-15(14-22(31)34-28-20(29)12-13-21(28)30)26-25(32)19-10-8-17(9-11-19)23-16(2)33-27-24(23)18-6-4-3-5-7-18;1-14(13-19(25)27-3)23-22(26)18-11-9-16(10-12-18)20-15(2)28-24-21(20)17-7-5-4-6-8-17/h3-11,15H,12-14H2,1-2H3,(H,26,32);4-12,14H,13H2,1-3H3,(H,23,26)/t15-;14-/m11/s1. The molecule has 1 saturated heterocycles. The van der Waals surface area contributed by atoms with E-state index in [-0.39, 0.29) is 49.5 Å². The molecule has 4 aromatic carbocycles. The van der Waals surface area contributed by atoms with Crippen molar-refractivity contribution < 1.29 is 47.4 Å². The average Bonchev–Trinajstić information content (AvgIpc) is 3.96. The Kier molecular flexibility index (Phi) is 14.2. The second-order valence-corrected chi connectivity index (χ2v) is 14.6. The Morgan fingerprint density at radius 1 is 0.597 bits per heavy atom. The molecule has 1 fully saturated rings. The number of rotatable bonds is 13. The normalized spacial score (nSPS) is 13.1. The molecule has 2 N–H and O–H groups in total. The molecule has 0 spiro atoms. The van der Waals surface area contributed by atoms with Gasteiger partial charge in [0.15, 0.2) is 0 Å². The van der Waals surface area contributed by atoms with Crippen molar-refractivity contribution in [3.05, 3.63) is 132 Å². The summed E-state index contributed by atoms with van der Waals surface area (Å²) in [7, 11) is 1.33. The van der Waals surface area contributed by atoms with E-state index in [9.17, 15) is 28.8 Å². The van der Waals surface area contributed by atoms with E-state index in [1.54, 1.807) is 38.1 Å². The molecule has 2 atom stereocenters. The molecule has 318 valence electrons. The van der Waals surface area contributed by atoms with Crippen LogP contribution in [0.5, 0.6) is 0 Å². The number of esters is 1. The first kappa shape index (κ1) is 43.9. The van der Waals surface area contributed by atoms with Gasteiger partial charge in [0.1, 0.15) is 22.9 Å². The number of aromatic nitrogens is 2. The van der Waals surface area contributed by atoms with Crippen LogP contribution in [0.4, 0.5) is 0 Å². The number of carbonyl (C=O) groups is 6. The number of hydrogen-bond acceptors (Lipinski definition) is 12. The minimum Gasteiger partial charge on any atom is -0.469 e. The Hall–Kier alpha value is -7.68. The van der Waals surface area contributed by atoms with Crippen molar-refractivity contribution in [3.8, 4) is 44.8 Å². The molecule has 1 aliphatic heterocycles. The van der Waals surface area contributed by atoms with Crippen LogP contribution >= 0.6 is 0 Å². The van der Waals surface area contributed by atoms with Crippen molar-refractivity contribution in [2.45, 2.75) is 65.5 Å². The van der Waals surface area contributed by atoms with Crippen molar-refractivity contribution in [1.82, 2.24) is 26.0 Å². The quantitative estimate of drug-likeness (QED) is 0.0862. The van der Waals surface area contributed by atoms with Gasteiger partial charge in [-0.05, 0) is 63.1 Å². The maximum atomic E-state index is 12.6. The van der Waals surface area contributed by atoms with Crippen LogP contribution in [0, 0.1) is 13.8 Å². The lowest BCUT2D eigenvalue weighted by Gasteiger charge is -2.16. The highest BCUT2D eigenvalue weighted by Gasteiger charge is 2.33. The summed E-state index contributed by atoms with van der Waals surface area (Å²) in [6, 6.07) is 32.8. The fraction of sp³-hybridized carbons (Fsp3) is 0.234. The molecule has 0 unspecified atom stereocenters. The van der Waals surface area contributed by atoms with E-state index in [0.717, 1.165) is 44.8 Å². The summed E-state index contributed by atoms with van der Waals surface area (Å²) in [5.74, 6) is -1.47. The van der Waals surface area contributed by atoms with Crippen molar-refractivity contribution in [2.75, 3.05) is 7.11 Å². The third-order valence-electron chi connectivity index (χ3n) is 9.82. The summed E-state index contributed by atoms with van der Waals surface area (Å²) in [4.78, 5) is 76.3.